The third kappa shape index (κ3) is 5.36. The highest BCUT2D eigenvalue weighted by molar-refractivity contribution is 7.89. The van der Waals surface area contributed by atoms with Crippen LogP contribution in [0.1, 0.15) is 33.2 Å². The summed E-state index contributed by atoms with van der Waals surface area (Å²) in [5.41, 5.74) is 2.53. The molecule has 2 amide bonds. The molecule has 0 spiro atoms. The average molecular weight is 438 g/mol. The Balaban J connectivity index is 1.76. The van der Waals surface area contributed by atoms with Crippen molar-refractivity contribution in [2.75, 3.05) is 17.2 Å². The Bertz CT molecular complexity index is 1190. The van der Waals surface area contributed by atoms with Gasteiger partial charge in [0, 0.05) is 29.0 Å². The number of carbonyl (C=O) groups excluding carboxylic acids is 2. The van der Waals surface area contributed by atoms with Gasteiger partial charge >= 0.3 is 0 Å². The molecule has 0 saturated carbocycles. The molecule has 3 rings (SSSR count). The van der Waals surface area contributed by atoms with Crippen molar-refractivity contribution >= 4 is 33.2 Å². The van der Waals surface area contributed by atoms with Crippen LogP contribution in [0.2, 0.25) is 0 Å². The van der Waals surface area contributed by atoms with Gasteiger partial charge in [-0.25, -0.2) is 13.1 Å². The van der Waals surface area contributed by atoms with Crippen molar-refractivity contribution in [3.8, 4) is 0 Å². The van der Waals surface area contributed by atoms with Crippen LogP contribution >= 0.6 is 0 Å². The fraction of sp³-hybridized carbons (Fsp3) is 0.130. The molecule has 160 valence electrons. The molecule has 3 aromatic rings. The highest BCUT2D eigenvalue weighted by Crippen LogP contribution is 2.21. The number of sulfonamides is 1. The van der Waals surface area contributed by atoms with Crippen LogP contribution < -0.4 is 15.4 Å². The van der Waals surface area contributed by atoms with E-state index in [1.807, 2.05) is 18.2 Å². The van der Waals surface area contributed by atoms with E-state index in [0.717, 1.165) is 0 Å². The number of para-hydroxylation sites is 1. The summed E-state index contributed by atoms with van der Waals surface area (Å²) in [5, 5.41) is 5.61. The van der Waals surface area contributed by atoms with Gasteiger partial charge in [-0.2, -0.15) is 0 Å². The normalized spacial score (nSPS) is 11.0. The van der Waals surface area contributed by atoms with Crippen LogP contribution in [0.4, 0.5) is 11.4 Å². The minimum absolute atomic E-state index is 0.0849. The van der Waals surface area contributed by atoms with Crippen molar-refractivity contribution in [1.29, 1.82) is 0 Å². The highest BCUT2D eigenvalue weighted by Gasteiger charge is 2.16. The Hall–Kier alpha value is -3.49. The Labute approximate surface area is 181 Å². The molecule has 0 aliphatic carbocycles. The quantitative estimate of drug-likeness (QED) is 0.523. The molecule has 31 heavy (non-hydrogen) atoms. The van der Waals surface area contributed by atoms with Gasteiger partial charge in [-0.3, -0.25) is 9.59 Å². The number of nitrogens with one attached hydrogen (secondary N) is 3. The number of hydrogen-bond donors (Lipinski definition) is 3. The molecule has 7 nitrogen and oxygen atoms in total. The summed E-state index contributed by atoms with van der Waals surface area (Å²) < 4.78 is 26.5. The lowest BCUT2D eigenvalue weighted by atomic mass is 10.1. The summed E-state index contributed by atoms with van der Waals surface area (Å²) in [6, 6.07) is 19.8. The predicted molar refractivity (Wildman–Crippen MR) is 121 cm³/mol. The summed E-state index contributed by atoms with van der Waals surface area (Å²) in [7, 11) is -3.59. The van der Waals surface area contributed by atoms with E-state index in [1.165, 1.54) is 24.3 Å². The van der Waals surface area contributed by atoms with E-state index >= 15 is 0 Å². The van der Waals surface area contributed by atoms with Crippen molar-refractivity contribution in [2.45, 2.75) is 18.7 Å². The maximum Gasteiger partial charge on any atom is 0.256 e. The molecular weight excluding hydrogens is 414 g/mol. The number of carbonyl (C=O) groups is 2. The van der Waals surface area contributed by atoms with Crippen molar-refractivity contribution in [2.24, 2.45) is 0 Å². The van der Waals surface area contributed by atoms with Gasteiger partial charge in [0.1, 0.15) is 0 Å². The number of hydrogen-bond acceptors (Lipinski definition) is 4. The van der Waals surface area contributed by atoms with E-state index in [1.54, 1.807) is 44.2 Å². The largest absolute Gasteiger partial charge is 0.322 e. The average Bonchev–Trinajstić information content (AvgIpc) is 2.76. The van der Waals surface area contributed by atoms with Crippen LogP contribution in [0.15, 0.2) is 77.7 Å². The first-order valence-corrected chi connectivity index (χ1v) is 11.2. The molecule has 8 heteroatoms. The van der Waals surface area contributed by atoms with E-state index in [4.69, 9.17) is 0 Å². The van der Waals surface area contributed by atoms with Crippen LogP contribution in [0, 0.1) is 6.92 Å². The summed E-state index contributed by atoms with van der Waals surface area (Å²) in [4.78, 5) is 25.4. The number of amides is 2. The molecule has 0 heterocycles. The highest BCUT2D eigenvalue weighted by atomic mass is 32.2. The fourth-order valence-corrected chi connectivity index (χ4v) is 4.03. The molecule has 0 unspecified atom stereocenters. The lowest BCUT2D eigenvalue weighted by Crippen LogP contribution is -2.23. The standard InChI is InChI=1S/C23H23N3O4S/c1-3-24-31(29,30)19-14-12-17(13-15-19)22(27)26-21-11-7-10-20(16(21)2)23(28)25-18-8-5-4-6-9-18/h4-15,24H,3H2,1-2H3,(H,25,28)(H,26,27). The van der Waals surface area contributed by atoms with Crippen LogP contribution in [-0.4, -0.2) is 26.8 Å². The third-order valence-electron chi connectivity index (χ3n) is 4.62. The number of benzene rings is 3. The van der Waals surface area contributed by atoms with Gasteiger partial charge < -0.3 is 10.6 Å². The fourth-order valence-electron chi connectivity index (χ4n) is 2.99. The first kappa shape index (κ1) is 22.2. The Morgan fingerprint density at radius 3 is 2.13 bits per heavy atom. The van der Waals surface area contributed by atoms with Gasteiger partial charge in [0.25, 0.3) is 11.8 Å². The van der Waals surface area contributed by atoms with Crippen LogP contribution in [0.5, 0.6) is 0 Å². The van der Waals surface area contributed by atoms with E-state index in [-0.39, 0.29) is 17.3 Å². The predicted octanol–water partition coefficient (Wildman–Crippen LogP) is 3.80. The van der Waals surface area contributed by atoms with Gasteiger partial charge in [-0.05, 0) is 61.0 Å². The zero-order chi connectivity index (χ0) is 22.4. The second-order valence-electron chi connectivity index (χ2n) is 6.78. The topological polar surface area (TPSA) is 104 Å². The summed E-state index contributed by atoms with van der Waals surface area (Å²) in [5.74, 6) is -0.686. The second-order valence-corrected chi connectivity index (χ2v) is 8.55. The number of anilines is 2. The van der Waals surface area contributed by atoms with Gasteiger partial charge in [-0.15, -0.1) is 0 Å². The summed E-state index contributed by atoms with van der Waals surface area (Å²) >= 11 is 0. The van der Waals surface area contributed by atoms with Crippen molar-refractivity contribution in [3.63, 3.8) is 0 Å². The monoisotopic (exact) mass is 437 g/mol. The molecule has 0 fully saturated rings. The van der Waals surface area contributed by atoms with Gasteiger partial charge in [0.15, 0.2) is 0 Å². The Morgan fingerprint density at radius 1 is 0.806 bits per heavy atom. The molecule has 0 bridgehead atoms. The van der Waals surface area contributed by atoms with E-state index < -0.39 is 15.9 Å². The van der Waals surface area contributed by atoms with Crippen molar-refractivity contribution in [1.82, 2.24) is 4.72 Å². The SMILES string of the molecule is CCNS(=O)(=O)c1ccc(C(=O)Nc2cccc(C(=O)Nc3ccccc3)c2C)cc1. The Morgan fingerprint density at radius 2 is 1.48 bits per heavy atom. The zero-order valence-electron chi connectivity index (χ0n) is 17.2. The second kappa shape index (κ2) is 9.55. The minimum atomic E-state index is -3.59. The smallest absolute Gasteiger partial charge is 0.256 e. The molecule has 0 aliphatic heterocycles. The Kier molecular flexibility index (Phi) is 6.84. The molecule has 0 aromatic heterocycles. The molecule has 0 atom stereocenters. The van der Waals surface area contributed by atoms with Gasteiger partial charge in [0.05, 0.1) is 4.90 Å². The lowest BCUT2D eigenvalue weighted by Gasteiger charge is -2.13. The van der Waals surface area contributed by atoms with Crippen LogP contribution in [0.3, 0.4) is 0 Å². The number of rotatable bonds is 7. The zero-order valence-corrected chi connectivity index (χ0v) is 18.0. The summed E-state index contributed by atoms with van der Waals surface area (Å²) in [6.45, 7) is 3.72. The summed E-state index contributed by atoms with van der Waals surface area (Å²) in [6.07, 6.45) is 0. The van der Waals surface area contributed by atoms with Crippen molar-refractivity contribution < 1.29 is 18.0 Å². The van der Waals surface area contributed by atoms with Gasteiger partial charge in [0.2, 0.25) is 10.0 Å². The van der Waals surface area contributed by atoms with E-state index in [2.05, 4.69) is 15.4 Å². The van der Waals surface area contributed by atoms with E-state index in [9.17, 15) is 18.0 Å². The minimum Gasteiger partial charge on any atom is -0.322 e. The first-order valence-electron chi connectivity index (χ1n) is 9.69. The maximum atomic E-state index is 12.6. The molecular formula is C23H23N3O4S. The van der Waals surface area contributed by atoms with E-state index in [0.29, 0.717) is 28.1 Å². The molecule has 0 aliphatic rings. The first-order chi connectivity index (χ1) is 14.8. The lowest BCUT2D eigenvalue weighted by molar-refractivity contribution is 0.101. The molecule has 0 radical (unpaired) electrons. The molecule has 3 N–H and O–H groups in total. The molecule has 0 saturated heterocycles. The van der Waals surface area contributed by atoms with Crippen molar-refractivity contribution in [3.05, 3.63) is 89.5 Å². The molecule has 3 aromatic carbocycles. The van der Waals surface area contributed by atoms with Crippen LogP contribution in [-0.2, 0) is 10.0 Å². The third-order valence-corrected chi connectivity index (χ3v) is 6.18. The maximum absolute atomic E-state index is 12.6. The van der Waals surface area contributed by atoms with Gasteiger partial charge in [-0.1, -0.05) is 31.2 Å². The van der Waals surface area contributed by atoms with Crippen LogP contribution in [0.25, 0.3) is 0 Å².